The summed E-state index contributed by atoms with van der Waals surface area (Å²) >= 11 is 7.63. The number of carbonyl (C=O) groups excluding carboxylic acids is 1. The molecule has 8 nitrogen and oxygen atoms in total. The lowest BCUT2D eigenvalue weighted by Crippen LogP contribution is -2.40. The standard InChI is InChI=1S/C37H31ClN2O6S/c1-4-45-36(42)32-33(24-13-9-6-10-14-24)39-37-40(34(32)25-15-17-29(43-2)30(20-25)44-3)35(41)31(47-37)21-26-19-27(38)16-18-28(26)46-22-23-11-7-5-8-12-23/h5-21,34H,4,22H2,1-3H3/b31-21-/t34-/m0/s1. The Kier molecular flexibility index (Phi) is 9.56. The van der Waals surface area contributed by atoms with Gasteiger partial charge in [0, 0.05) is 16.1 Å². The third-order valence-electron chi connectivity index (χ3n) is 7.59. The molecule has 238 valence electrons. The lowest BCUT2D eigenvalue weighted by atomic mass is 9.93. The van der Waals surface area contributed by atoms with E-state index in [0.29, 0.717) is 60.6 Å². The van der Waals surface area contributed by atoms with E-state index in [-0.39, 0.29) is 17.7 Å². The van der Waals surface area contributed by atoms with Gasteiger partial charge in [-0.3, -0.25) is 9.36 Å². The fourth-order valence-corrected chi connectivity index (χ4v) is 6.59. The van der Waals surface area contributed by atoms with E-state index in [1.54, 1.807) is 50.4 Å². The minimum absolute atomic E-state index is 0.147. The number of fused-ring (bicyclic) bond motifs is 1. The van der Waals surface area contributed by atoms with Gasteiger partial charge in [-0.2, -0.15) is 0 Å². The van der Waals surface area contributed by atoms with E-state index in [1.807, 2.05) is 66.7 Å². The van der Waals surface area contributed by atoms with Crippen LogP contribution in [0.15, 0.2) is 112 Å². The summed E-state index contributed by atoms with van der Waals surface area (Å²) in [6.45, 7) is 2.23. The van der Waals surface area contributed by atoms with Crippen LogP contribution in [0.4, 0.5) is 0 Å². The van der Waals surface area contributed by atoms with Crippen LogP contribution in [-0.4, -0.2) is 31.4 Å². The van der Waals surface area contributed by atoms with Crippen LogP contribution < -0.4 is 29.1 Å². The number of rotatable bonds is 10. The molecule has 2 heterocycles. The van der Waals surface area contributed by atoms with Crippen LogP contribution in [-0.2, 0) is 16.1 Å². The molecule has 6 rings (SSSR count). The van der Waals surface area contributed by atoms with Crippen LogP contribution >= 0.6 is 22.9 Å². The Morgan fingerprint density at radius 3 is 2.32 bits per heavy atom. The molecule has 0 amide bonds. The molecular weight excluding hydrogens is 636 g/mol. The highest BCUT2D eigenvalue weighted by Gasteiger charge is 2.35. The van der Waals surface area contributed by atoms with Crippen LogP contribution in [0.1, 0.15) is 35.2 Å². The highest BCUT2D eigenvalue weighted by Crippen LogP contribution is 2.38. The Bertz CT molecular complexity index is 2140. The zero-order valence-corrected chi connectivity index (χ0v) is 27.5. The van der Waals surface area contributed by atoms with Crippen molar-refractivity contribution >= 4 is 40.7 Å². The molecule has 10 heteroatoms. The van der Waals surface area contributed by atoms with Crippen LogP contribution in [0.5, 0.6) is 17.2 Å². The second kappa shape index (κ2) is 14.1. The van der Waals surface area contributed by atoms with Crippen molar-refractivity contribution in [3.63, 3.8) is 0 Å². The molecule has 0 radical (unpaired) electrons. The van der Waals surface area contributed by atoms with Gasteiger partial charge in [0.25, 0.3) is 5.56 Å². The van der Waals surface area contributed by atoms with Gasteiger partial charge in [0.2, 0.25) is 0 Å². The van der Waals surface area contributed by atoms with Gasteiger partial charge >= 0.3 is 5.97 Å². The number of carbonyl (C=O) groups is 1. The minimum Gasteiger partial charge on any atom is -0.493 e. The Balaban J connectivity index is 1.57. The average molecular weight is 667 g/mol. The second-order valence-electron chi connectivity index (χ2n) is 10.5. The van der Waals surface area contributed by atoms with Gasteiger partial charge in [0.15, 0.2) is 16.3 Å². The number of hydrogen-bond acceptors (Lipinski definition) is 8. The Labute approximate surface area is 280 Å². The monoisotopic (exact) mass is 666 g/mol. The zero-order valence-electron chi connectivity index (χ0n) is 25.9. The first-order chi connectivity index (χ1) is 22.9. The van der Waals surface area contributed by atoms with Gasteiger partial charge in [0.1, 0.15) is 12.4 Å². The molecule has 1 aromatic heterocycles. The highest BCUT2D eigenvalue weighted by molar-refractivity contribution is 7.07. The van der Waals surface area contributed by atoms with E-state index >= 15 is 0 Å². The topological polar surface area (TPSA) is 88.4 Å². The predicted octanol–water partition coefficient (Wildman–Crippen LogP) is 6.19. The maximum Gasteiger partial charge on any atom is 0.338 e. The molecule has 0 saturated carbocycles. The summed E-state index contributed by atoms with van der Waals surface area (Å²) in [5.74, 6) is 0.957. The van der Waals surface area contributed by atoms with Gasteiger partial charge in [-0.15, -0.1) is 0 Å². The molecule has 1 atom stereocenters. The predicted molar refractivity (Wildman–Crippen MR) is 183 cm³/mol. The fraction of sp³-hybridized carbons (Fsp3) is 0.162. The van der Waals surface area contributed by atoms with Gasteiger partial charge in [-0.1, -0.05) is 89.7 Å². The third-order valence-corrected chi connectivity index (χ3v) is 8.81. The lowest BCUT2D eigenvalue weighted by Gasteiger charge is -2.26. The number of nitrogens with zero attached hydrogens (tertiary/aromatic N) is 2. The van der Waals surface area contributed by atoms with Crippen LogP contribution in [0.2, 0.25) is 5.02 Å². The molecule has 1 aliphatic rings. The van der Waals surface area contributed by atoms with E-state index in [9.17, 15) is 9.59 Å². The number of halogens is 1. The molecule has 0 bridgehead atoms. The molecule has 0 fully saturated rings. The normalized spacial score (nSPS) is 14.3. The summed E-state index contributed by atoms with van der Waals surface area (Å²) in [5.41, 5.74) is 3.29. The Hall–Kier alpha value is -5.12. The van der Waals surface area contributed by atoms with E-state index < -0.39 is 12.0 Å². The Morgan fingerprint density at radius 2 is 1.62 bits per heavy atom. The van der Waals surface area contributed by atoms with Crippen LogP contribution in [0.3, 0.4) is 0 Å². The van der Waals surface area contributed by atoms with Crippen molar-refractivity contribution in [2.45, 2.75) is 19.6 Å². The number of benzene rings is 4. The molecule has 0 saturated heterocycles. The second-order valence-corrected chi connectivity index (χ2v) is 11.9. The quantitative estimate of drug-likeness (QED) is 0.165. The van der Waals surface area contributed by atoms with E-state index in [2.05, 4.69) is 0 Å². The first-order valence-electron chi connectivity index (χ1n) is 14.9. The first-order valence-corrected chi connectivity index (χ1v) is 16.1. The van der Waals surface area contributed by atoms with Crippen LogP contribution in [0, 0.1) is 0 Å². The largest absolute Gasteiger partial charge is 0.493 e. The lowest BCUT2D eigenvalue weighted by molar-refractivity contribution is -0.138. The molecule has 0 aliphatic carbocycles. The summed E-state index contributed by atoms with van der Waals surface area (Å²) in [7, 11) is 3.08. The van der Waals surface area contributed by atoms with Crippen molar-refractivity contribution < 1.29 is 23.7 Å². The van der Waals surface area contributed by atoms with Crippen molar-refractivity contribution in [3.8, 4) is 17.2 Å². The molecule has 0 spiro atoms. The molecule has 5 aromatic rings. The number of aromatic nitrogens is 1. The maximum absolute atomic E-state index is 14.4. The summed E-state index contributed by atoms with van der Waals surface area (Å²) < 4.78 is 24.7. The first kappa shape index (κ1) is 31.8. The summed E-state index contributed by atoms with van der Waals surface area (Å²) in [5, 5.41) is 0.496. The van der Waals surface area contributed by atoms with Gasteiger partial charge < -0.3 is 18.9 Å². The highest BCUT2D eigenvalue weighted by atomic mass is 35.5. The van der Waals surface area contributed by atoms with Gasteiger partial charge in [0.05, 0.1) is 42.7 Å². The van der Waals surface area contributed by atoms with Gasteiger partial charge in [-0.05, 0) is 54.5 Å². The van der Waals surface area contributed by atoms with E-state index in [1.165, 1.54) is 23.0 Å². The molecule has 1 aliphatic heterocycles. The number of esters is 1. The van der Waals surface area contributed by atoms with Crippen molar-refractivity contribution in [1.29, 1.82) is 0 Å². The smallest absolute Gasteiger partial charge is 0.338 e. The van der Waals surface area contributed by atoms with Crippen molar-refractivity contribution in [3.05, 3.63) is 150 Å². The van der Waals surface area contributed by atoms with Crippen molar-refractivity contribution in [1.82, 2.24) is 4.57 Å². The molecule has 4 aromatic carbocycles. The van der Waals surface area contributed by atoms with E-state index in [0.717, 1.165) is 5.56 Å². The van der Waals surface area contributed by atoms with Crippen molar-refractivity contribution in [2.24, 2.45) is 4.99 Å². The molecule has 0 N–H and O–H groups in total. The SMILES string of the molecule is CCOC(=O)C1=C(c2ccccc2)N=c2s/c(=C\c3cc(Cl)ccc3OCc3ccccc3)c(=O)n2[C@H]1c1ccc(OC)c(OC)c1. The van der Waals surface area contributed by atoms with E-state index in [4.69, 9.17) is 35.5 Å². The molecular formula is C37H31ClN2O6S. The summed E-state index contributed by atoms with van der Waals surface area (Å²) in [4.78, 5) is 33.5. The number of thiazole rings is 1. The van der Waals surface area contributed by atoms with Crippen LogP contribution in [0.25, 0.3) is 11.8 Å². The third kappa shape index (κ3) is 6.58. The minimum atomic E-state index is -0.879. The number of methoxy groups -OCH3 is 2. The van der Waals surface area contributed by atoms with Crippen molar-refractivity contribution in [2.75, 3.05) is 20.8 Å². The summed E-state index contributed by atoms with van der Waals surface area (Å²) in [6.07, 6.45) is 1.75. The molecule has 47 heavy (non-hydrogen) atoms. The fourth-order valence-electron chi connectivity index (χ4n) is 5.42. The maximum atomic E-state index is 14.4. The average Bonchev–Trinajstić information content (AvgIpc) is 3.41. The Morgan fingerprint density at radius 1 is 0.915 bits per heavy atom. The number of ether oxygens (including phenoxy) is 4. The number of hydrogen-bond donors (Lipinski definition) is 0. The molecule has 0 unspecified atom stereocenters. The zero-order chi connectivity index (χ0) is 32.9. The van der Waals surface area contributed by atoms with Gasteiger partial charge in [-0.25, -0.2) is 9.79 Å². The summed E-state index contributed by atoms with van der Waals surface area (Å²) in [6, 6.07) is 28.9.